The summed E-state index contributed by atoms with van der Waals surface area (Å²) in [6.45, 7) is 4.30. The van der Waals surface area contributed by atoms with E-state index in [0.29, 0.717) is 5.82 Å². The lowest BCUT2D eigenvalue weighted by molar-refractivity contribution is -0.124. The topological polar surface area (TPSA) is 71.0 Å². The van der Waals surface area contributed by atoms with Gasteiger partial charge in [0.2, 0.25) is 5.91 Å². The van der Waals surface area contributed by atoms with E-state index in [1.54, 1.807) is 6.20 Å². The molecule has 1 N–H and O–H groups in total. The van der Waals surface area contributed by atoms with E-state index in [0.717, 1.165) is 68.6 Å². The van der Waals surface area contributed by atoms with Crippen molar-refractivity contribution < 1.29 is 6.22 Å². The molecule has 1 saturated carbocycles. The molecule has 6 heteroatoms. The average Bonchev–Trinajstić information content (AvgIpc) is 3.43. The molecule has 1 unspecified atom stereocenters. The Kier molecular flexibility index (Phi) is 5.52. The third-order valence-electron chi connectivity index (χ3n) is 6.38. The van der Waals surface area contributed by atoms with Crippen molar-refractivity contribution in [3.05, 3.63) is 35.7 Å². The summed E-state index contributed by atoms with van der Waals surface area (Å²) < 4.78 is 0. The van der Waals surface area contributed by atoms with Gasteiger partial charge in [0.1, 0.15) is 17.1 Å². The molecule has 29 heavy (non-hydrogen) atoms. The van der Waals surface area contributed by atoms with E-state index in [2.05, 4.69) is 29.0 Å². The molecule has 0 saturated heterocycles. The molecule has 2 aromatic rings. The van der Waals surface area contributed by atoms with Gasteiger partial charge in [0.15, 0.2) is 5.82 Å². The minimum atomic E-state index is -0.479. The summed E-state index contributed by atoms with van der Waals surface area (Å²) >= 11 is 0. The van der Waals surface area contributed by atoms with Crippen LogP contribution in [0.4, 0.5) is 5.82 Å². The van der Waals surface area contributed by atoms with Gasteiger partial charge in [-0.3, -0.25) is 9.78 Å². The Hall–Kier alpha value is -2.50. The average molecular weight is 396 g/mol. The number of anilines is 1. The quantitative estimate of drug-likeness (QED) is 0.733. The van der Waals surface area contributed by atoms with Gasteiger partial charge in [-0.05, 0) is 57.1 Å². The van der Waals surface area contributed by atoms with Crippen molar-refractivity contribution in [2.45, 2.75) is 76.8 Å². The van der Waals surface area contributed by atoms with Gasteiger partial charge in [0, 0.05) is 32.0 Å². The first-order valence-electron chi connectivity index (χ1n) is 10.9. The first-order valence-corrected chi connectivity index (χ1v) is 10.9. The molecule has 4 rings (SSSR count). The van der Waals surface area contributed by atoms with Crippen molar-refractivity contribution >= 4 is 11.7 Å². The molecular formula is C23H33N5O. The summed E-state index contributed by atoms with van der Waals surface area (Å²) in [7, 11) is 2.02. The molecule has 156 valence electrons. The van der Waals surface area contributed by atoms with Crippen LogP contribution in [-0.2, 0) is 17.6 Å². The van der Waals surface area contributed by atoms with Crippen LogP contribution in [0.5, 0.6) is 0 Å². The van der Waals surface area contributed by atoms with E-state index >= 15 is 0 Å². The number of aromatic nitrogens is 3. The van der Waals surface area contributed by atoms with Gasteiger partial charge in [-0.15, -0.1) is 0 Å². The predicted octanol–water partition coefficient (Wildman–Crippen LogP) is 3.94. The van der Waals surface area contributed by atoms with Crippen LogP contribution in [0.3, 0.4) is 0 Å². The first kappa shape index (κ1) is 19.8. The Bertz CT molecular complexity index is 885. The fourth-order valence-corrected chi connectivity index (χ4v) is 4.38. The zero-order chi connectivity index (χ0) is 20.4. The summed E-state index contributed by atoms with van der Waals surface area (Å²) in [4.78, 5) is 29.5. The molecule has 0 radical (unpaired) electrons. The van der Waals surface area contributed by atoms with Gasteiger partial charge in [-0.2, -0.15) is 0 Å². The predicted molar refractivity (Wildman–Crippen MR) is 117 cm³/mol. The Morgan fingerprint density at radius 3 is 2.76 bits per heavy atom. The largest absolute Gasteiger partial charge is 0.351 e. The van der Waals surface area contributed by atoms with Gasteiger partial charge in [0.25, 0.3) is 0 Å². The van der Waals surface area contributed by atoms with Crippen molar-refractivity contribution in [2.24, 2.45) is 0 Å². The number of aryl methyl sites for hydroxylation is 1. The number of hydrogen-bond acceptors (Lipinski definition) is 5. The Morgan fingerprint density at radius 1 is 1.28 bits per heavy atom. The standard InChI is InChI=1S/C23H31N5O.H2/c1-4-9-16(5-2)25-22(29)23(13-14-23)28(3)21-17-10-8-12-18(17)26-20(27-21)19-11-6-7-15-24-19;/h6-7,11,15-16H,4-5,8-10,12-14H2,1-3H3,(H,25,29);1H. The summed E-state index contributed by atoms with van der Waals surface area (Å²) in [5, 5.41) is 3.30. The summed E-state index contributed by atoms with van der Waals surface area (Å²) in [6, 6.07) is 6.04. The molecule has 2 heterocycles. The number of carbonyl (C=O) groups is 1. The van der Waals surface area contributed by atoms with Gasteiger partial charge in [0.05, 0.1) is 0 Å². The molecule has 1 amide bonds. The molecule has 0 bridgehead atoms. The van der Waals surface area contributed by atoms with E-state index in [-0.39, 0.29) is 13.4 Å². The van der Waals surface area contributed by atoms with E-state index in [1.165, 1.54) is 5.56 Å². The van der Waals surface area contributed by atoms with E-state index in [4.69, 9.17) is 9.97 Å². The molecule has 1 fully saturated rings. The summed E-state index contributed by atoms with van der Waals surface area (Å²) in [6.07, 6.45) is 9.60. The Balaban J connectivity index is 0.00000256. The number of pyridine rings is 1. The lowest BCUT2D eigenvalue weighted by Crippen LogP contribution is -2.51. The Morgan fingerprint density at radius 2 is 2.10 bits per heavy atom. The SMILES string of the molecule is CCCC(CC)NC(=O)C1(N(C)c2nc(-c3ccccn3)nc3c2CCC3)CC1.[HH]. The number of fused-ring (bicyclic) bond motifs is 1. The highest BCUT2D eigenvalue weighted by Gasteiger charge is 2.54. The molecule has 0 aliphatic heterocycles. The molecule has 1 atom stereocenters. The number of hydrogen-bond donors (Lipinski definition) is 1. The van der Waals surface area contributed by atoms with Crippen molar-refractivity contribution in [1.82, 2.24) is 20.3 Å². The molecule has 6 nitrogen and oxygen atoms in total. The zero-order valence-corrected chi connectivity index (χ0v) is 17.7. The molecule has 2 aromatic heterocycles. The van der Waals surface area contributed by atoms with Gasteiger partial charge < -0.3 is 10.2 Å². The van der Waals surface area contributed by atoms with Crippen LogP contribution in [0.1, 0.15) is 65.1 Å². The van der Waals surface area contributed by atoms with Crippen LogP contribution in [0, 0.1) is 0 Å². The maximum Gasteiger partial charge on any atom is 0.246 e. The second kappa shape index (κ2) is 8.09. The van der Waals surface area contributed by atoms with Crippen LogP contribution < -0.4 is 10.2 Å². The number of amides is 1. The molecule has 2 aliphatic rings. The fraction of sp³-hybridized carbons (Fsp3) is 0.565. The second-order valence-corrected chi connectivity index (χ2v) is 8.32. The highest BCUT2D eigenvalue weighted by molar-refractivity contribution is 5.93. The van der Waals surface area contributed by atoms with Crippen molar-refractivity contribution in [1.29, 1.82) is 0 Å². The maximum atomic E-state index is 13.2. The van der Waals surface area contributed by atoms with Crippen LogP contribution in [-0.4, -0.2) is 39.5 Å². The van der Waals surface area contributed by atoms with E-state index in [1.807, 2.05) is 25.2 Å². The fourth-order valence-electron chi connectivity index (χ4n) is 4.38. The third-order valence-corrected chi connectivity index (χ3v) is 6.38. The molecule has 0 spiro atoms. The smallest absolute Gasteiger partial charge is 0.246 e. The van der Waals surface area contributed by atoms with Crippen molar-refractivity contribution in [3.63, 3.8) is 0 Å². The second-order valence-electron chi connectivity index (χ2n) is 8.32. The van der Waals surface area contributed by atoms with Crippen molar-refractivity contribution in [2.75, 3.05) is 11.9 Å². The zero-order valence-electron chi connectivity index (χ0n) is 17.7. The van der Waals surface area contributed by atoms with Crippen molar-refractivity contribution in [3.8, 4) is 11.5 Å². The first-order chi connectivity index (χ1) is 14.1. The lowest BCUT2D eigenvalue weighted by Gasteiger charge is -2.31. The molecule has 2 aliphatic carbocycles. The highest BCUT2D eigenvalue weighted by Crippen LogP contribution is 2.45. The van der Waals surface area contributed by atoms with Crippen LogP contribution in [0.2, 0.25) is 0 Å². The number of likely N-dealkylation sites (N-methyl/N-ethyl adjacent to an activating group) is 1. The van der Waals surface area contributed by atoms with Crippen LogP contribution in [0.15, 0.2) is 24.4 Å². The highest BCUT2D eigenvalue weighted by atomic mass is 16.2. The maximum absolute atomic E-state index is 13.2. The summed E-state index contributed by atoms with van der Waals surface area (Å²) in [5.41, 5.74) is 2.61. The number of carbonyl (C=O) groups excluding carboxylic acids is 1. The van der Waals surface area contributed by atoms with Crippen LogP contribution >= 0.6 is 0 Å². The molecular weight excluding hydrogens is 362 g/mol. The Labute approximate surface area is 174 Å². The lowest BCUT2D eigenvalue weighted by atomic mass is 10.1. The number of rotatable bonds is 8. The minimum Gasteiger partial charge on any atom is -0.351 e. The normalized spacial score (nSPS) is 17.5. The molecule has 0 aromatic carbocycles. The van der Waals surface area contributed by atoms with Gasteiger partial charge in [-0.25, -0.2) is 9.97 Å². The van der Waals surface area contributed by atoms with E-state index in [9.17, 15) is 4.79 Å². The van der Waals surface area contributed by atoms with Gasteiger partial charge in [-0.1, -0.05) is 26.3 Å². The summed E-state index contributed by atoms with van der Waals surface area (Å²) in [5.74, 6) is 1.70. The van der Waals surface area contributed by atoms with Gasteiger partial charge >= 0.3 is 0 Å². The number of nitrogens with one attached hydrogen (secondary N) is 1. The third kappa shape index (κ3) is 3.72. The monoisotopic (exact) mass is 395 g/mol. The number of nitrogens with zero attached hydrogens (tertiary/aromatic N) is 4. The van der Waals surface area contributed by atoms with E-state index < -0.39 is 5.54 Å². The minimum absolute atomic E-state index is 0. The van der Waals surface area contributed by atoms with Crippen LogP contribution in [0.25, 0.3) is 11.5 Å².